The number of rotatable bonds is 6. The number of aromatic amines is 2. The van der Waals surface area contributed by atoms with Crippen LogP contribution in [-0.2, 0) is 6.61 Å². The van der Waals surface area contributed by atoms with Crippen LogP contribution in [0.3, 0.4) is 0 Å². The molecule has 0 spiro atoms. The fourth-order valence-corrected chi connectivity index (χ4v) is 2.87. The molecule has 2 N–H and O–H groups in total. The molecule has 3 aromatic carbocycles. The van der Waals surface area contributed by atoms with Crippen molar-refractivity contribution in [3.63, 3.8) is 0 Å². The Hall–Kier alpha value is -3.80. The van der Waals surface area contributed by atoms with Gasteiger partial charge in [-0.05, 0) is 47.5 Å². The van der Waals surface area contributed by atoms with Gasteiger partial charge in [0, 0.05) is 6.21 Å². The number of hydrogen-bond acceptors (Lipinski definition) is 4. The van der Waals surface area contributed by atoms with E-state index < -0.39 is 0 Å². The Labute approximate surface area is 161 Å². The van der Waals surface area contributed by atoms with E-state index in [1.807, 2.05) is 66.7 Å². The quantitative estimate of drug-likeness (QED) is 0.497. The smallest absolute Gasteiger partial charge is 0.323 e. The minimum Gasteiger partial charge on any atom is -0.493 e. The third kappa shape index (κ3) is 3.96. The maximum absolute atomic E-state index is 11.4. The molecule has 0 fully saturated rings. The van der Waals surface area contributed by atoms with Crippen LogP contribution in [0.4, 0.5) is 5.69 Å². The first-order valence-electron chi connectivity index (χ1n) is 8.82. The molecule has 0 saturated heterocycles. The van der Waals surface area contributed by atoms with Crippen LogP contribution < -0.4 is 15.2 Å². The second-order valence-corrected chi connectivity index (χ2v) is 6.25. The molecule has 0 radical (unpaired) electrons. The molecule has 140 valence electrons. The van der Waals surface area contributed by atoms with Gasteiger partial charge in [0.25, 0.3) is 0 Å². The van der Waals surface area contributed by atoms with Gasteiger partial charge in [-0.15, -0.1) is 0 Å². The van der Waals surface area contributed by atoms with Crippen molar-refractivity contribution < 1.29 is 9.47 Å². The van der Waals surface area contributed by atoms with E-state index in [9.17, 15) is 4.79 Å². The summed E-state index contributed by atoms with van der Waals surface area (Å²) in [5.41, 5.74) is 3.96. The van der Waals surface area contributed by atoms with Gasteiger partial charge in [-0.3, -0.25) is 4.99 Å². The monoisotopic (exact) mass is 373 g/mol. The van der Waals surface area contributed by atoms with Crippen molar-refractivity contribution in [1.82, 2.24) is 9.97 Å². The largest absolute Gasteiger partial charge is 0.493 e. The van der Waals surface area contributed by atoms with Crippen LogP contribution in [0.2, 0.25) is 0 Å². The van der Waals surface area contributed by atoms with Gasteiger partial charge in [0.1, 0.15) is 6.61 Å². The topological polar surface area (TPSA) is 79.5 Å². The summed E-state index contributed by atoms with van der Waals surface area (Å²) in [6, 6.07) is 21.1. The Morgan fingerprint density at radius 1 is 0.929 bits per heavy atom. The van der Waals surface area contributed by atoms with E-state index in [1.54, 1.807) is 13.3 Å². The summed E-state index contributed by atoms with van der Waals surface area (Å²) in [6.07, 6.45) is 1.75. The number of hydrogen-bond donors (Lipinski definition) is 2. The lowest BCUT2D eigenvalue weighted by Crippen LogP contribution is -1.99. The molecule has 1 heterocycles. The van der Waals surface area contributed by atoms with Crippen molar-refractivity contribution >= 4 is 22.9 Å². The zero-order valence-electron chi connectivity index (χ0n) is 15.3. The summed E-state index contributed by atoms with van der Waals surface area (Å²) in [7, 11) is 1.61. The Bertz CT molecular complexity index is 1180. The van der Waals surface area contributed by atoms with Crippen LogP contribution in [0.25, 0.3) is 11.0 Å². The van der Waals surface area contributed by atoms with Crippen molar-refractivity contribution in [3.05, 3.63) is 88.3 Å². The number of aliphatic imine (C=N–C) groups is 1. The van der Waals surface area contributed by atoms with Crippen LogP contribution in [0.1, 0.15) is 11.1 Å². The van der Waals surface area contributed by atoms with Crippen molar-refractivity contribution in [2.45, 2.75) is 6.61 Å². The van der Waals surface area contributed by atoms with Crippen LogP contribution in [0.15, 0.2) is 76.5 Å². The molecule has 0 saturated carbocycles. The molecule has 28 heavy (non-hydrogen) atoms. The van der Waals surface area contributed by atoms with Crippen LogP contribution in [-0.4, -0.2) is 23.3 Å². The zero-order chi connectivity index (χ0) is 19.3. The summed E-state index contributed by atoms with van der Waals surface area (Å²) in [6.45, 7) is 0.472. The number of aromatic nitrogens is 2. The van der Waals surface area contributed by atoms with E-state index in [0.717, 1.165) is 27.8 Å². The molecule has 0 aliphatic heterocycles. The fraction of sp³-hybridized carbons (Fsp3) is 0.0909. The average molecular weight is 373 g/mol. The molecule has 0 bridgehead atoms. The molecule has 4 aromatic rings. The molecule has 6 nitrogen and oxygen atoms in total. The number of imidazole rings is 1. The molecule has 0 aliphatic carbocycles. The summed E-state index contributed by atoms with van der Waals surface area (Å²) in [4.78, 5) is 21.3. The van der Waals surface area contributed by atoms with Crippen molar-refractivity contribution in [3.8, 4) is 11.5 Å². The summed E-state index contributed by atoms with van der Waals surface area (Å²) in [5, 5.41) is 0. The van der Waals surface area contributed by atoms with E-state index in [0.29, 0.717) is 18.1 Å². The minimum absolute atomic E-state index is 0.230. The van der Waals surface area contributed by atoms with Gasteiger partial charge < -0.3 is 19.4 Å². The van der Waals surface area contributed by atoms with Crippen LogP contribution in [0.5, 0.6) is 11.5 Å². The van der Waals surface area contributed by atoms with Gasteiger partial charge in [-0.2, -0.15) is 0 Å². The number of nitrogens with zero attached hydrogens (tertiary/aromatic N) is 1. The van der Waals surface area contributed by atoms with Crippen molar-refractivity contribution in [1.29, 1.82) is 0 Å². The predicted molar refractivity (Wildman–Crippen MR) is 110 cm³/mol. The highest BCUT2D eigenvalue weighted by atomic mass is 16.5. The van der Waals surface area contributed by atoms with E-state index in [2.05, 4.69) is 15.0 Å². The normalized spacial score (nSPS) is 11.2. The lowest BCUT2D eigenvalue weighted by Gasteiger charge is -2.11. The maximum Gasteiger partial charge on any atom is 0.323 e. The molecule has 0 amide bonds. The standard InChI is InChI=1S/C22H19N3O3/c1-27-21-11-16(7-10-20(21)28-14-15-5-3-2-4-6-15)13-23-17-8-9-18-19(12-17)25-22(26)24-18/h2-13H,14H2,1H3,(H2,24,25,26). The Morgan fingerprint density at radius 3 is 2.57 bits per heavy atom. The highest BCUT2D eigenvalue weighted by Crippen LogP contribution is 2.28. The lowest BCUT2D eigenvalue weighted by molar-refractivity contribution is 0.284. The highest BCUT2D eigenvalue weighted by molar-refractivity contribution is 5.85. The zero-order valence-corrected chi connectivity index (χ0v) is 15.3. The van der Waals surface area contributed by atoms with Crippen molar-refractivity contribution in [2.75, 3.05) is 7.11 Å². The Kier molecular flexibility index (Phi) is 4.93. The second kappa shape index (κ2) is 7.84. The number of ether oxygens (including phenoxy) is 2. The first kappa shape index (κ1) is 17.6. The Balaban J connectivity index is 1.51. The number of fused-ring (bicyclic) bond motifs is 1. The van der Waals surface area contributed by atoms with Crippen LogP contribution >= 0.6 is 0 Å². The summed E-state index contributed by atoms with van der Waals surface area (Å²) < 4.78 is 11.3. The highest BCUT2D eigenvalue weighted by Gasteiger charge is 2.06. The third-order valence-corrected chi connectivity index (χ3v) is 4.29. The first-order valence-corrected chi connectivity index (χ1v) is 8.82. The van der Waals surface area contributed by atoms with Crippen LogP contribution in [0, 0.1) is 0 Å². The molecule has 1 aromatic heterocycles. The summed E-state index contributed by atoms with van der Waals surface area (Å²) >= 11 is 0. The predicted octanol–water partition coefficient (Wildman–Crippen LogP) is 4.19. The van der Waals surface area contributed by atoms with Gasteiger partial charge in [0.15, 0.2) is 11.5 Å². The average Bonchev–Trinajstić information content (AvgIpc) is 3.11. The Morgan fingerprint density at radius 2 is 1.75 bits per heavy atom. The first-order chi connectivity index (χ1) is 13.7. The molecule has 0 unspecified atom stereocenters. The van der Waals surface area contributed by atoms with Gasteiger partial charge in [-0.1, -0.05) is 30.3 Å². The van der Waals surface area contributed by atoms with E-state index in [-0.39, 0.29) is 5.69 Å². The van der Waals surface area contributed by atoms with Gasteiger partial charge >= 0.3 is 5.69 Å². The molecular formula is C22H19N3O3. The van der Waals surface area contributed by atoms with Gasteiger partial charge in [0.05, 0.1) is 23.8 Å². The maximum atomic E-state index is 11.4. The number of methoxy groups -OCH3 is 1. The second-order valence-electron chi connectivity index (χ2n) is 6.25. The fourth-order valence-electron chi connectivity index (χ4n) is 2.87. The van der Waals surface area contributed by atoms with E-state index in [1.165, 1.54) is 0 Å². The lowest BCUT2D eigenvalue weighted by atomic mass is 10.2. The molecule has 4 rings (SSSR count). The molecule has 6 heteroatoms. The SMILES string of the molecule is COc1cc(C=Nc2ccc3[nH]c(=O)[nH]c3c2)ccc1OCc1ccccc1. The van der Waals surface area contributed by atoms with E-state index >= 15 is 0 Å². The van der Waals surface area contributed by atoms with E-state index in [4.69, 9.17) is 9.47 Å². The minimum atomic E-state index is -0.230. The molecule has 0 atom stereocenters. The number of benzene rings is 3. The number of H-pyrrole nitrogens is 2. The van der Waals surface area contributed by atoms with Gasteiger partial charge in [0.2, 0.25) is 0 Å². The molecule has 0 aliphatic rings. The third-order valence-electron chi connectivity index (χ3n) is 4.29. The van der Waals surface area contributed by atoms with Crippen molar-refractivity contribution in [2.24, 2.45) is 4.99 Å². The molecular weight excluding hydrogens is 354 g/mol. The summed E-state index contributed by atoms with van der Waals surface area (Å²) in [5.74, 6) is 1.32. The number of nitrogens with one attached hydrogen (secondary N) is 2. The van der Waals surface area contributed by atoms with Gasteiger partial charge in [-0.25, -0.2) is 4.79 Å².